The number of carbonyl (C=O) groups excluding carboxylic acids is 2. The summed E-state index contributed by atoms with van der Waals surface area (Å²) < 4.78 is 26.0. The van der Waals surface area contributed by atoms with Gasteiger partial charge in [-0.15, -0.1) is 0 Å². The third kappa shape index (κ3) is 8.98. The predicted octanol–water partition coefficient (Wildman–Crippen LogP) is 5.12. The number of anilines is 1. The molecule has 0 aliphatic rings. The normalized spacial score (nSPS) is 12.3. The second-order valence-electron chi connectivity index (χ2n) is 9.09. The Balaban J connectivity index is 2.23. The van der Waals surface area contributed by atoms with Crippen LogP contribution in [0.15, 0.2) is 48.5 Å². The maximum absolute atomic E-state index is 13.4. The first-order valence-corrected chi connectivity index (χ1v) is 14.6. The van der Waals surface area contributed by atoms with Gasteiger partial charge in [0.2, 0.25) is 21.8 Å². The van der Waals surface area contributed by atoms with Crippen molar-refractivity contribution in [1.29, 1.82) is 0 Å². The van der Waals surface area contributed by atoms with Gasteiger partial charge in [-0.1, -0.05) is 68.2 Å². The van der Waals surface area contributed by atoms with Gasteiger partial charge in [-0.3, -0.25) is 13.9 Å². The summed E-state index contributed by atoms with van der Waals surface area (Å²) in [6.07, 6.45) is 1.91. The molecule has 0 saturated carbocycles. The Kier molecular flexibility index (Phi) is 11.5. The minimum absolute atomic E-state index is 0.0675. The Morgan fingerprint density at radius 3 is 2.28 bits per heavy atom. The quantitative estimate of drug-likeness (QED) is 0.371. The molecule has 2 aromatic carbocycles. The zero-order valence-electron chi connectivity index (χ0n) is 21.2. The van der Waals surface area contributed by atoms with Gasteiger partial charge < -0.3 is 10.2 Å². The monoisotopic (exact) mass is 555 g/mol. The number of halogens is 2. The average molecular weight is 557 g/mol. The standard InChI is InChI=1S/C26H35Cl2N3O4S/c1-5-24(26(33)29-17-19(2)3)30(18-20-13-14-21(27)16-23(20)28)25(32)12-9-15-31(36(4,34)35)22-10-7-6-8-11-22/h6-8,10-11,13-14,16,19,24H,5,9,12,15,17-18H2,1-4H3,(H,29,33)/t24-/m0/s1. The largest absolute Gasteiger partial charge is 0.354 e. The van der Waals surface area contributed by atoms with Gasteiger partial charge in [0.15, 0.2) is 0 Å². The average Bonchev–Trinajstić information content (AvgIpc) is 2.81. The lowest BCUT2D eigenvalue weighted by molar-refractivity contribution is -0.141. The van der Waals surface area contributed by atoms with E-state index in [0.29, 0.717) is 34.3 Å². The summed E-state index contributed by atoms with van der Waals surface area (Å²) in [6, 6.07) is 13.1. The summed E-state index contributed by atoms with van der Waals surface area (Å²) in [5.74, 6) is -0.220. The second-order valence-corrected chi connectivity index (χ2v) is 11.8. The Labute approximate surface area is 224 Å². The van der Waals surface area contributed by atoms with E-state index in [1.165, 1.54) is 9.21 Å². The van der Waals surface area contributed by atoms with Crippen LogP contribution in [0.5, 0.6) is 0 Å². The van der Waals surface area contributed by atoms with Gasteiger partial charge in [0.1, 0.15) is 6.04 Å². The molecule has 0 aromatic heterocycles. The maximum Gasteiger partial charge on any atom is 0.242 e. The molecule has 2 rings (SSSR count). The van der Waals surface area contributed by atoms with Crippen LogP contribution in [0.3, 0.4) is 0 Å². The lowest BCUT2D eigenvalue weighted by Crippen LogP contribution is -2.49. The van der Waals surface area contributed by atoms with Crippen LogP contribution < -0.4 is 9.62 Å². The van der Waals surface area contributed by atoms with E-state index in [1.54, 1.807) is 42.5 Å². The SMILES string of the molecule is CC[C@@H](C(=O)NCC(C)C)N(Cc1ccc(Cl)cc1Cl)C(=O)CCCN(c1ccccc1)S(C)(=O)=O. The first-order chi connectivity index (χ1) is 16.9. The van der Waals surface area contributed by atoms with Crippen molar-refractivity contribution in [3.63, 3.8) is 0 Å². The highest BCUT2D eigenvalue weighted by Gasteiger charge is 2.29. The smallest absolute Gasteiger partial charge is 0.242 e. The minimum Gasteiger partial charge on any atom is -0.354 e. The van der Waals surface area contributed by atoms with Crippen molar-refractivity contribution in [3.05, 3.63) is 64.1 Å². The molecule has 2 aromatic rings. The van der Waals surface area contributed by atoms with E-state index in [2.05, 4.69) is 5.32 Å². The van der Waals surface area contributed by atoms with Crippen molar-refractivity contribution in [2.45, 2.75) is 52.6 Å². The summed E-state index contributed by atoms with van der Waals surface area (Å²) >= 11 is 12.4. The van der Waals surface area contributed by atoms with E-state index in [4.69, 9.17) is 23.2 Å². The second kappa shape index (κ2) is 13.9. The van der Waals surface area contributed by atoms with Crippen molar-refractivity contribution in [2.24, 2.45) is 5.92 Å². The van der Waals surface area contributed by atoms with Crippen molar-refractivity contribution >= 4 is 50.7 Å². The Morgan fingerprint density at radius 1 is 1.06 bits per heavy atom. The number of rotatable bonds is 13. The molecule has 0 fully saturated rings. The maximum atomic E-state index is 13.4. The van der Waals surface area contributed by atoms with Gasteiger partial charge >= 0.3 is 0 Å². The molecule has 0 aliphatic carbocycles. The van der Waals surface area contributed by atoms with Crippen molar-refractivity contribution in [2.75, 3.05) is 23.7 Å². The fourth-order valence-corrected chi connectivity index (χ4v) is 5.21. The van der Waals surface area contributed by atoms with E-state index >= 15 is 0 Å². The molecule has 0 heterocycles. The van der Waals surface area contributed by atoms with Crippen LogP contribution in [-0.2, 0) is 26.2 Å². The number of para-hydroxylation sites is 1. The molecule has 0 aliphatic heterocycles. The van der Waals surface area contributed by atoms with E-state index < -0.39 is 16.1 Å². The van der Waals surface area contributed by atoms with Gasteiger partial charge in [0.25, 0.3) is 0 Å². The third-order valence-electron chi connectivity index (χ3n) is 5.62. The summed E-state index contributed by atoms with van der Waals surface area (Å²) in [5.41, 5.74) is 1.21. The number of benzene rings is 2. The van der Waals surface area contributed by atoms with Gasteiger partial charge in [0.05, 0.1) is 11.9 Å². The number of amides is 2. The van der Waals surface area contributed by atoms with E-state index in [-0.39, 0.29) is 43.7 Å². The summed E-state index contributed by atoms with van der Waals surface area (Å²) in [6.45, 7) is 6.62. The fraction of sp³-hybridized carbons (Fsp3) is 0.462. The van der Waals surface area contributed by atoms with Crippen LogP contribution in [0.1, 0.15) is 45.6 Å². The molecule has 0 unspecified atom stereocenters. The first kappa shape index (κ1) is 29.9. The molecule has 2 amide bonds. The molecule has 0 spiro atoms. The van der Waals surface area contributed by atoms with E-state index in [9.17, 15) is 18.0 Å². The van der Waals surface area contributed by atoms with Crippen molar-refractivity contribution in [1.82, 2.24) is 10.2 Å². The topological polar surface area (TPSA) is 86.8 Å². The lowest BCUT2D eigenvalue weighted by atomic mass is 10.1. The highest BCUT2D eigenvalue weighted by molar-refractivity contribution is 7.92. The predicted molar refractivity (Wildman–Crippen MR) is 147 cm³/mol. The highest BCUT2D eigenvalue weighted by atomic mass is 35.5. The minimum atomic E-state index is -3.53. The number of carbonyl (C=O) groups is 2. The van der Waals surface area contributed by atoms with Crippen molar-refractivity contribution in [3.8, 4) is 0 Å². The van der Waals surface area contributed by atoms with E-state index in [0.717, 1.165) is 6.26 Å². The van der Waals surface area contributed by atoms with Gasteiger partial charge in [-0.25, -0.2) is 8.42 Å². The summed E-state index contributed by atoms with van der Waals surface area (Å²) in [5, 5.41) is 3.80. The summed E-state index contributed by atoms with van der Waals surface area (Å²) in [4.78, 5) is 28.0. The highest BCUT2D eigenvalue weighted by Crippen LogP contribution is 2.24. The Morgan fingerprint density at radius 2 is 1.72 bits per heavy atom. The van der Waals surface area contributed by atoms with Gasteiger partial charge in [-0.05, 0) is 48.6 Å². The van der Waals surface area contributed by atoms with Gasteiger partial charge in [-0.2, -0.15) is 0 Å². The number of hydrogen-bond acceptors (Lipinski definition) is 4. The fourth-order valence-electron chi connectivity index (χ4n) is 3.77. The zero-order chi connectivity index (χ0) is 26.9. The van der Waals surface area contributed by atoms with Gasteiger partial charge in [0, 0.05) is 36.1 Å². The molecule has 0 bridgehead atoms. The Hall–Kier alpha value is -2.29. The van der Waals surface area contributed by atoms with Crippen molar-refractivity contribution < 1.29 is 18.0 Å². The molecule has 36 heavy (non-hydrogen) atoms. The van der Waals surface area contributed by atoms with Crippen LogP contribution >= 0.6 is 23.2 Å². The molecular formula is C26H35Cl2N3O4S. The molecule has 10 heteroatoms. The first-order valence-electron chi connectivity index (χ1n) is 12.0. The molecule has 0 radical (unpaired) electrons. The number of hydrogen-bond donors (Lipinski definition) is 1. The zero-order valence-corrected chi connectivity index (χ0v) is 23.5. The molecule has 0 saturated heterocycles. The number of nitrogens with zero attached hydrogens (tertiary/aromatic N) is 2. The van der Waals surface area contributed by atoms with Crippen LogP contribution in [0.2, 0.25) is 10.0 Å². The molecule has 1 atom stereocenters. The van der Waals surface area contributed by atoms with Crippen LogP contribution in [0.4, 0.5) is 5.69 Å². The van der Waals surface area contributed by atoms with Crippen LogP contribution in [-0.4, -0.2) is 50.5 Å². The molecule has 1 N–H and O–H groups in total. The number of sulfonamides is 1. The molecular weight excluding hydrogens is 521 g/mol. The van der Waals surface area contributed by atoms with E-state index in [1.807, 2.05) is 26.8 Å². The molecule has 198 valence electrons. The lowest BCUT2D eigenvalue weighted by Gasteiger charge is -2.31. The number of nitrogens with one attached hydrogen (secondary N) is 1. The third-order valence-corrected chi connectivity index (χ3v) is 7.40. The van der Waals surface area contributed by atoms with Crippen LogP contribution in [0.25, 0.3) is 0 Å². The Bertz CT molecular complexity index is 1130. The summed E-state index contributed by atoms with van der Waals surface area (Å²) in [7, 11) is -3.53. The van der Waals surface area contributed by atoms with Crippen LogP contribution in [0, 0.1) is 5.92 Å². The molecule has 7 nitrogen and oxygen atoms in total.